The van der Waals surface area contributed by atoms with Crippen LogP contribution in [0.3, 0.4) is 0 Å². The van der Waals surface area contributed by atoms with E-state index in [2.05, 4.69) is 40.3 Å². The molecular weight excluding hydrogens is 342 g/mol. The Morgan fingerprint density at radius 2 is 1.92 bits per heavy atom. The molecule has 0 radical (unpaired) electrons. The Hall–Kier alpha value is -2.94. The molecule has 1 heterocycles. The molecule has 4 nitrogen and oxygen atoms in total. The maximum atomic E-state index is 12.6. The highest BCUT2D eigenvalue weighted by atomic mass is 32.1. The number of rotatable bonds is 6. The van der Waals surface area contributed by atoms with E-state index in [-0.39, 0.29) is 18.0 Å². The minimum atomic E-state index is -0.284. The topological polar surface area (TPSA) is 69.5 Å². The Kier molecular flexibility index (Phi) is 5.80. The lowest BCUT2D eigenvalue weighted by Crippen LogP contribution is -2.92. The summed E-state index contributed by atoms with van der Waals surface area (Å²) in [5.41, 5.74) is 2.34. The van der Waals surface area contributed by atoms with Gasteiger partial charge in [0.1, 0.15) is 6.04 Å². The number of hydrogen-bond acceptors (Lipinski definition) is 3. The third kappa shape index (κ3) is 4.37. The summed E-state index contributed by atoms with van der Waals surface area (Å²) in [6, 6.07) is 23.1. The molecule has 0 spiro atoms. The molecule has 3 rings (SSSR count). The van der Waals surface area contributed by atoms with Gasteiger partial charge in [0.2, 0.25) is 0 Å². The first-order valence-electron chi connectivity index (χ1n) is 8.41. The van der Waals surface area contributed by atoms with Crippen molar-refractivity contribution in [3.8, 4) is 6.07 Å². The lowest BCUT2D eigenvalue weighted by atomic mass is 10.0. The highest BCUT2D eigenvalue weighted by molar-refractivity contribution is 7.10. The number of thiophene rings is 1. The molecule has 26 heavy (non-hydrogen) atoms. The molecule has 0 saturated heterocycles. The van der Waals surface area contributed by atoms with Crippen molar-refractivity contribution in [2.75, 3.05) is 5.32 Å². The molecule has 0 aliphatic rings. The minimum absolute atomic E-state index is 0.0717. The monoisotopic (exact) mass is 362 g/mol. The average molecular weight is 362 g/mol. The number of carbonyl (C=O) groups excluding carboxylic acids is 1. The number of quaternary nitrogens is 1. The summed E-state index contributed by atoms with van der Waals surface area (Å²) in [6.45, 7) is 1.90. The van der Waals surface area contributed by atoms with Crippen molar-refractivity contribution in [3.05, 3.63) is 88.1 Å². The van der Waals surface area contributed by atoms with Crippen LogP contribution in [0.2, 0.25) is 0 Å². The maximum absolute atomic E-state index is 12.6. The van der Waals surface area contributed by atoms with Crippen molar-refractivity contribution in [2.24, 2.45) is 0 Å². The molecule has 0 bridgehead atoms. The minimum Gasteiger partial charge on any atom is -0.326 e. The summed E-state index contributed by atoms with van der Waals surface area (Å²) in [5, 5.41) is 16.0. The molecule has 2 aromatic carbocycles. The van der Waals surface area contributed by atoms with E-state index in [9.17, 15) is 4.79 Å². The third-order valence-corrected chi connectivity index (χ3v) is 5.12. The van der Waals surface area contributed by atoms with E-state index in [1.807, 2.05) is 31.2 Å². The number of nitriles is 1. The summed E-state index contributed by atoms with van der Waals surface area (Å²) in [5.74, 6) is -0.0856. The predicted octanol–water partition coefficient (Wildman–Crippen LogP) is 3.30. The Morgan fingerprint density at radius 3 is 2.62 bits per heavy atom. The Morgan fingerprint density at radius 1 is 1.12 bits per heavy atom. The number of amides is 1. The summed E-state index contributed by atoms with van der Waals surface area (Å²) >= 11 is 1.69. The number of hydrogen-bond donors (Lipinski definition) is 2. The maximum Gasteiger partial charge on any atom is 0.282 e. The quantitative estimate of drug-likeness (QED) is 0.706. The van der Waals surface area contributed by atoms with E-state index < -0.39 is 0 Å². The Bertz CT molecular complexity index is 901. The number of nitrogens with two attached hydrogens (primary N) is 1. The Balaban J connectivity index is 1.74. The van der Waals surface area contributed by atoms with Crippen LogP contribution in [0.1, 0.15) is 29.0 Å². The zero-order valence-electron chi connectivity index (χ0n) is 14.4. The second kappa shape index (κ2) is 8.43. The van der Waals surface area contributed by atoms with Crippen molar-refractivity contribution in [2.45, 2.75) is 19.0 Å². The van der Waals surface area contributed by atoms with Crippen molar-refractivity contribution in [3.63, 3.8) is 0 Å². The highest BCUT2D eigenvalue weighted by Crippen LogP contribution is 2.22. The molecule has 0 aliphatic heterocycles. The average Bonchev–Trinajstić information content (AvgIpc) is 3.21. The molecule has 0 unspecified atom stereocenters. The number of nitrogens with one attached hydrogen (secondary N) is 1. The van der Waals surface area contributed by atoms with Crippen molar-refractivity contribution < 1.29 is 10.1 Å². The molecule has 3 aromatic rings. The zero-order valence-corrected chi connectivity index (χ0v) is 15.2. The largest absolute Gasteiger partial charge is 0.326 e. The first-order chi connectivity index (χ1) is 12.7. The van der Waals surface area contributed by atoms with Crippen LogP contribution in [0.25, 0.3) is 0 Å². The van der Waals surface area contributed by atoms with Gasteiger partial charge in [0.05, 0.1) is 16.5 Å². The van der Waals surface area contributed by atoms with Gasteiger partial charge in [-0.3, -0.25) is 4.79 Å². The van der Waals surface area contributed by atoms with Crippen LogP contribution in [0.4, 0.5) is 5.69 Å². The summed E-state index contributed by atoms with van der Waals surface area (Å²) in [7, 11) is 0. The molecule has 3 N–H and O–H groups in total. The number of anilines is 1. The fraction of sp³-hybridized carbons (Fsp3) is 0.143. The van der Waals surface area contributed by atoms with Gasteiger partial charge in [0.15, 0.2) is 6.04 Å². The second-order valence-corrected chi connectivity index (χ2v) is 7.05. The van der Waals surface area contributed by atoms with Gasteiger partial charge in [-0.2, -0.15) is 5.26 Å². The standard InChI is InChI=1S/C21H19N3OS/c1-15(21(25)24-18-10-5-7-16(13-18)14-22)23-20(19-11-6-12-26-19)17-8-3-2-4-9-17/h2-13,15,20,23H,1H3,(H,24,25)/p+1/t15-,20+/m1/s1. The van der Waals surface area contributed by atoms with E-state index >= 15 is 0 Å². The first kappa shape index (κ1) is 17.9. The van der Waals surface area contributed by atoms with Crippen molar-refractivity contribution in [1.82, 2.24) is 0 Å². The van der Waals surface area contributed by atoms with Gasteiger partial charge >= 0.3 is 0 Å². The van der Waals surface area contributed by atoms with Crippen LogP contribution in [0.15, 0.2) is 72.1 Å². The van der Waals surface area contributed by atoms with Gasteiger partial charge in [0, 0.05) is 11.3 Å². The van der Waals surface area contributed by atoms with Crippen LogP contribution < -0.4 is 10.6 Å². The van der Waals surface area contributed by atoms with Gasteiger partial charge in [-0.15, -0.1) is 11.3 Å². The van der Waals surface area contributed by atoms with Crippen LogP contribution in [-0.4, -0.2) is 11.9 Å². The summed E-state index contributed by atoms with van der Waals surface area (Å²) < 4.78 is 0. The third-order valence-electron chi connectivity index (χ3n) is 4.16. The van der Waals surface area contributed by atoms with E-state index in [4.69, 9.17) is 5.26 Å². The van der Waals surface area contributed by atoms with Crippen LogP contribution in [-0.2, 0) is 4.79 Å². The Labute approximate surface area is 157 Å². The zero-order chi connectivity index (χ0) is 18.4. The van der Waals surface area contributed by atoms with E-state index in [0.29, 0.717) is 11.3 Å². The predicted molar refractivity (Wildman–Crippen MR) is 104 cm³/mol. The van der Waals surface area contributed by atoms with Gasteiger partial charge in [0.25, 0.3) is 5.91 Å². The van der Waals surface area contributed by atoms with Crippen molar-refractivity contribution in [1.29, 1.82) is 5.26 Å². The molecule has 1 amide bonds. The number of benzene rings is 2. The molecule has 130 valence electrons. The van der Waals surface area contributed by atoms with Crippen LogP contribution in [0, 0.1) is 11.3 Å². The molecule has 0 saturated carbocycles. The van der Waals surface area contributed by atoms with Gasteiger partial charge < -0.3 is 10.6 Å². The molecule has 0 aliphatic carbocycles. The molecular formula is C21H20N3OS+. The van der Waals surface area contributed by atoms with Crippen LogP contribution in [0.5, 0.6) is 0 Å². The smallest absolute Gasteiger partial charge is 0.282 e. The molecule has 1 aromatic heterocycles. The lowest BCUT2D eigenvalue weighted by molar-refractivity contribution is -0.703. The fourth-order valence-corrected chi connectivity index (χ4v) is 3.63. The van der Waals surface area contributed by atoms with Gasteiger partial charge in [-0.05, 0) is 36.6 Å². The van der Waals surface area contributed by atoms with Gasteiger partial charge in [-0.25, -0.2) is 0 Å². The number of nitrogens with zero attached hydrogens (tertiary/aromatic N) is 1. The van der Waals surface area contributed by atoms with Gasteiger partial charge in [-0.1, -0.05) is 42.5 Å². The van der Waals surface area contributed by atoms with E-state index in [0.717, 1.165) is 0 Å². The molecule has 0 fully saturated rings. The van der Waals surface area contributed by atoms with E-state index in [1.165, 1.54) is 10.4 Å². The van der Waals surface area contributed by atoms with Crippen molar-refractivity contribution >= 4 is 22.9 Å². The van der Waals surface area contributed by atoms with Crippen LogP contribution >= 0.6 is 11.3 Å². The summed E-state index contributed by atoms with van der Waals surface area (Å²) in [6.07, 6.45) is 0. The molecule has 5 heteroatoms. The lowest BCUT2D eigenvalue weighted by Gasteiger charge is -2.19. The molecule has 2 atom stereocenters. The summed E-state index contributed by atoms with van der Waals surface area (Å²) in [4.78, 5) is 13.8. The van der Waals surface area contributed by atoms with E-state index in [1.54, 1.807) is 35.6 Å². The normalized spacial score (nSPS) is 12.8. The number of carbonyl (C=O) groups is 1. The second-order valence-electron chi connectivity index (χ2n) is 6.07. The fourth-order valence-electron chi connectivity index (χ4n) is 2.80. The SMILES string of the molecule is C[C@@H]([NH2+][C@@H](c1ccccc1)c1cccs1)C(=O)Nc1cccc(C#N)c1. The highest BCUT2D eigenvalue weighted by Gasteiger charge is 2.25. The first-order valence-corrected chi connectivity index (χ1v) is 9.29.